The number of H-pyrrole nitrogens is 1. The summed E-state index contributed by atoms with van der Waals surface area (Å²) in [5, 5.41) is 15.5. The summed E-state index contributed by atoms with van der Waals surface area (Å²) in [6.07, 6.45) is 3.74. The van der Waals surface area contributed by atoms with Crippen LogP contribution in [0, 0.1) is 0 Å². The Morgan fingerprint density at radius 1 is 1.17 bits per heavy atom. The average molecular weight is 425 g/mol. The van der Waals surface area contributed by atoms with Gasteiger partial charge in [0, 0.05) is 24.9 Å². The van der Waals surface area contributed by atoms with E-state index in [-0.39, 0.29) is 12.4 Å². The summed E-state index contributed by atoms with van der Waals surface area (Å²) in [6.45, 7) is -0.712. The Morgan fingerprint density at radius 2 is 1.90 bits per heavy atom. The summed E-state index contributed by atoms with van der Waals surface area (Å²) in [5.74, 6) is -3.16. The van der Waals surface area contributed by atoms with Crippen molar-refractivity contribution in [2.24, 2.45) is 22.2 Å². The molecule has 1 aromatic rings. The van der Waals surface area contributed by atoms with Crippen LogP contribution in [0.1, 0.15) is 18.5 Å². The molecule has 1 rings (SSSR count). The number of carboxylic acids is 1. The number of rotatable bonds is 13. The lowest BCUT2D eigenvalue weighted by Gasteiger charge is -2.20. The number of carbonyl (C=O) groups excluding carboxylic acids is 3. The number of hydrogen-bond donors (Lipinski definition) is 8. The minimum Gasteiger partial charge on any atom is -0.480 e. The normalized spacial score (nSPS) is 12.3. The lowest BCUT2D eigenvalue weighted by atomic mass is 10.1. The minimum atomic E-state index is -1.21. The Bertz CT molecular complexity index is 746. The number of carboxylic acid groups (broad SMARTS) is 1. The maximum Gasteiger partial charge on any atom is 0.322 e. The number of imidazole rings is 1. The number of aromatic amines is 1. The van der Waals surface area contributed by atoms with Crippen LogP contribution in [0.15, 0.2) is 17.5 Å². The van der Waals surface area contributed by atoms with Crippen LogP contribution in [0.5, 0.6) is 0 Å². The zero-order chi connectivity index (χ0) is 22.5. The van der Waals surface area contributed by atoms with Gasteiger partial charge in [-0.15, -0.1) is 0 Å². The zero-order valence-electron chi connectivity index (χ0n) is 16.3. The molecule has 0 aliphatic carbocycles. The number of guanidine groups is 1. The summed E-state index contributed by atoms with van der Waals surface area (Å²) >= 11 is 0. The van der Waals surface area contributed by atoms with Gasteiger partial charge < -0.3 is 43.2 Å². The molecule has 3 amide bonds. The largest absolute Gasteiger partial charge is 0.480 e. The summed E-state index contributed by atoms with van der Waals surface area (Å²) < 4.78 is 0. The van der Waals surface area contributed by atoms with Crippen LogP contribution in [0.3, 0.4) is 0 Å². The molecule has 14 heteroatoms. The molecule has 2 atom stereocenters. The average Bonchev–Trinajstić information content (AvgIpc) is 3.19. The van der Waals surface area contributed by atoms with Crippen LogP contribution in [0.4, 0.5) is 0 Å². The van der Waals surface area contributed by atoms with Gasteiger partial charge in [-0.1, -0.05) is 0 Å². The monoisotopic (exact) mass is 425 g/mol. The maximum atomic E-state index is 12.5. The molecule has 166 valence electrons. The van der Waals surface area contributed by atoms with E-state index in [1.165, 1.54) is 12.5 Å². The molecule has 30 heavy (non-hydrogen) atoms. The maximum absolute atomic E-state index is 12.5. The van der Waals surface area contributed by atoms with Crippen LogP contribution in [-0.4, -0.2) is 76.4 Å². The molecule has 0 aromatic carbocycles. The molecule has 0 saturated heterocycles. The van der Waals surface area contributed by atoms with Gasteiger partial charge in [0.15, 0.2) is 5.96 Å². The van der Waals surface area contributed by atoms with Crippen molar-refractivity contribution in [2.75, 3.05) is 19.6 Å². The number of hydrogen-bond acceptors (Lipinski definition) is 7. The fourth-order valence-electron chi connectivity index (χ4n) is 2.28. The second kappa shape index (κ2) is 12.7. The van der Waals surface area contributed by atoms with Gasteiger partial charge in [-0.05, 0) is 12.8 Å². The molecule has 0 bridgehead atoms. The molecule has 1 aromatic heterocycles. The molecular weight excluding hydrogens is 398 g/mol. The lowest BCUT2D eigenvalue weighted by Crippen LogP contribution is -2.53. The highest BCUT2D eigenvalue weighted by atomic mass is 16.4. The quantitative estimate of drug-likeness (QED) is 0.0873. The lowest BCUT2D eigenvalue weighted by molar-refractivity contribution is -0.138. The number of nitrogens with two attached hydrogens (primary N) is 3. The van der Waals surface area contributed by atoms with Crippen LogP contribution in [0.2, 0.25) is 0 Å². The Labute approximate surface area is 172 Å². The van der Waals surface area contributed by atoms with Crippen molar-refractivity contribution in [1.82, 2.24) is 25.9 Å². The van der Waals surface area contributed by atoms with E-state index in [1.54, 1.807) is 0 Å². The number of aliphatic imine (C=N–C) groups is 1. The summed E-state index contributed by atoms with van der Waals surface area (Å²) in [5.41, 5.74) is 16.9. The van der Waals surface area contributed by atoms with E-state index in [0.717, 1.165) is 0 Å². The fourth-order valence-corrected chi connectivity index (χ4v) is 2.28. The van der Waals surface area contributed by atoms with Gasteiger partial charge in [0.2, 0.25) is 17.7 Å². The Morgan fingerprint density at radius 3 is 2.50 bits per heavy atom. The Balaban J connectivity index is 2.62. The SMILES string of the molecule is NC(N)=NCCCC(N)C(=O)NC(Cc1cnc[nH]1)C(=O)NCC(=O)NCC(=O)O. The zero-order valence-corrected chi connectivity index (χ0v) is 16.3. The van der Waals surface area contributed by atoms with Crippen molar-refractivity contribution in [3.63, 3.8) is 0 Å². The molecule has 1 heterocycles. The van der Waals surface area contributed by atoms with Crippen molar-refractivity contribution < 1.29 is 24.3 Å². The number of nitrogens with zero attached hydrogens (tertiary/aromatic N) is 2. The van der Waals surface area contributed by atoms with Gasteiger partial charge >= 0.3 is 5.97 Å². The van der Waals surface area contributed by atoms with Crippen LogP contribution >= 0.6 is 0 Å². The predicted octanol–water partition coefficient (Wildman–Crippen LogP) is -3.87. The molecule has 2 unspecified atom stereocenters. The van der Waals surface area contributed by atoms with Crippen molar-refractivity contribution in [1.29, 1.82) is 0 Å². The predicted molar refractivity (Wildman–Crippen MR) is 106 cm³/mol. The smallest absolute Gasteiger partial charge is 0.322 e. The first-order valence-electron chi connectivity index (χ1n) is 9.03. The highest BCUT2D eigenvalue weighted by Gasteiger charge is 2.25. The van der Waals surface area contributed by atoms with E-state index in [2.05, 4.69) is 30.9 Å². The van der Waals surface area contributed by atoms with Crippen molar-refractivity contribution in [3.8, 4) is 0 Å². The van der Waals surface area contributed by atoms with Gasteiger partial charge in [0.1, 0.15) is 12.6 Å². The van der Waals surface area contributed by atoms with E-state index in [0.29, 0.717) is 25.1 Å². The molecule has 0 fully saturated rings. The van der Waals surface area contributed by atoms with E-state index in [9.17, 15) is 19.2 Å². The van der Waals surface area contributed by atoms with E-state index >= 15 is 0 Å². The van der Waals surface area contributed by atoms with Crippen molar-refractivity contribution >= 4 is 29.7 Å². The minimum absolute atomic E-state index is 0.0586. The fraction of sp³-hybridized carbons (Fsp3) is 0.500. The summed E-state index contributed by atoms with van der Waals surface area (Å²) in [6, 6.07) is -1.93. The highest BCUT2D eigenvalue weighted by Crippen LogP contribution is 2.02. The third kappa shape index (κ3) is 10.0. The van der Waals surface area contributed by atoms with E-state index < -0.39 is 48.9 Å². The number of aromatic nitrogens is 2. The third-order valence-corrected chi connectivity index (χ3v) is 3.78. The van der Waals surface area contributed by atoms with Gasteiger partial charge in [-0.3, -0.25) is 24.2 Å². The van der Waals surface area contributed by atoms with E-state index in [1.807, 2.05) is 0 Å². The van der Waals surface area contributed by atoms with Gasteiger partial charge in [0.25, 0.3) is 0 Å². The number of carbonyl (C=O) groups is 4. The Hall–Kier alpha value is -3.68. The molecule has 0 aliphatic heterocycles. The van der Waals surface area contributed by atoms with Gasteiger partial charge in [-0.25, -0.2) is 4.98 Å². The standard InChI is InChI=1S/C16H27N9O5/c17-10(2-1-3-21-16(18)19)14(29)25-11(4-9-5-20-8-24-9)15(30)23-6-12(26)22-7-13(27)28/h5,8,10-11H,1-4,6-7,17H2,(H,20,24)(H,22,26)(H,23,30)(H,25,29)(H,27,28)(H4,18,19,21). The van der Waals surface area contributed by atoms with Gasteiger partial charge in [0.05, 0.1) is 18.9 Å². The summed E-state index contributed by atoms with van der Waals surface area (Å²) in [4.78, 5) is 57.3. The Kier molecular flexibility index (Phi) is 10.3. The first-order chi connectivity index (χ1) is 14.2. The molecular formula is C16H27N9O5. The molecule has 14 nitrogen and oxygen atoms in total. The molecule has 0 radical (unpaired) electrons. The van der Waals surface area contributed by atoms with Crippen molar-refractivity contribution in [3.05, 3.63) is 18.2 Å². The summed E-state index contributed by atoms with van der Waals surface area (Å²) in [7, 11) is 0. The first kappa shape index (κ1) is 24.4. The molecule has 0 aliphatic rings. The highest BCUT2D eigenvalue weighted by molar-refractivity contribution is 5.92. The van der Waals surface area contributed by atoms with Crippen LogP contribution in [0.25, 0.3) is 0 Å². The molecule has 0 spiro atoms. The van der Waals surface area contributed by atoms with E-state index in [4.69, 9.17) is 22.3 Å². The van der Waals surface area contributed by atoms with Crippen LogP contribution < -0.4 is 33.2 Å². The third-order valence-electron chi connectivity index (χ3n) is 3.78. The topological polar surface area (TPSA) is 244 Å². The van der Waals surface area contributed by atoms with Gasteiger partial charge in [-0.2, -0.15) is 0 Å². The number of amides is 3. The first-order valence-corrected chi connectivity index (χ1v) is 9.03. The van der Waals surface area contributed by atoms with Crippen LogP contribution in [-0.2, 0) is 25.6 Å². The van der Waals surface area contributed by atoms with Crippen molar-refractivity contribution in [2.45, 2.75) is 31.3 Å². The molecule has 0 saturated carbocycles. The molecule has 11 N–H and O–H groups in total. The second-order valence-electron chi connectivity index (χ2n) is 6.29. The number of nitrogens with one attached hydrogen (secondary N) is 4. The number of aliphatic carboxylic acids is 1. The second-order valence-corrected chi connectivity index (χ2v) is 6.29.